The quantitative estimate of drug-likeness (QED) is 0.248. The summed E-state index contributed by atoms with van der Waals surface area (Å²) < 4.78 is 10.1. The van der Waals surface area contributed by atoms with Gasteiger partial charge in [-0.05, 0) is 25.7 Å². The summed E-state index contributed by atoms with van der Waals surface area (Å²) in [6.45, 7) is 13.6. The van der Waals surface area contributed by atoms with E-state index in [9.17, 15) is 0 Å². The van der Waals surface area contributed by atoms with Crippen LogP contribution in [0.25, 0.3) is 0 Å². The Kier molecular flexibility index (Phi) is 48.5. The zero-order valence-electron chi connectivity index (χ0n) is 13.8. The first-order valence-corrected chi connectivity index (χ1v) is 10.6. The summed E-state index contributed by atoms with van der Waals surface area (Å²) in [7, 11) is 4.63. The molecule has 0 bridgehead atoms. The summed E-state index contributed by atoms with van der Waals surface area (Å²) in [5.41, 5.74) is 0. The van der Waals surface area contributed by atoms with Gasteiger partial charge < -0.3 is 16.0 Å². The summed E-state index contributed by atoms with van der Waals surface area (Å²) in [4.78, 5) is 0. The fourth-order valence-electron chi connectivity index (χ4n) is 1.38. The first-order chi connectivity index (χ1) is 9.69. The van der Waals surface area contributed by atoms with E-state index in [4.69, 9.17) is 9.05 Å². The van der Waals surface area contributed by atoms with Crippen LogP contribution in [0.1, 0.15) is 73.1 Å². The van der Waals surface area contributed by atoms with E-state index < -0.39 is 0 Å². The van der Waals surface area contributed by atoms with Gasteiger partial charge >= 0.3 is 27.9 Å². The molecular weight excluding hydrogens is 401 g/mol. The van der Waals surface area contributed by atoms with Crippen LogP contribution in [0.3, 0.4) is 0 Å². The minimum atomic E-state index is 0.463. The average Bonchev–Trinajstić information content (AvgIpc) is 2.54. The van der Waals surface area contributed by atoms with Gasteiger partial charge in [-0.25, -0.2) is 0 Å². The zero-order valence-corrected chi connectivity index (χ0v) is 18.7. The van der Waals surface area contributed by atoms with Gasteiger partial charge in [-0.15, -0.1) is 0 Å². The maximum absolute atomic E-state index is 5.06. The molecule has 0 rings (SSSR count). The van der Waals surface area contributed by atoms with E-state index in [1.165, 1.54) is 25.7 Å². The molecule has 0 saturated heterocycles. The van der Waals surface area contributed by atoms with Gasteiger partial charge in [-0.1, -0.05) is 40.5 Å². The molecule has 0 N–H and O–H groups in total. The van der Waals surface area contributed by atoms with Gasteiger partial charge in [0.25, 0.3) is 0 Å². The van der Waals surface area contributed by atoms with Crippen molar-refractivity contribution in [1.29, 1.82) is 0 Å². The van der Waals surface area contributed by atoms with Gasteiger partial charge in [0.15, 0.2) is 0 Å². The van der Waals surface area contributed by atoms with Crippen molar-refractivity contribution in [3.05, 3.63) is 6.92 Å². The van der Waals surface area contributed by atoms with Gasteiger partial charge in [0.1, 0.15) is 0 Å². The molecule has 4 unspecified atom stereocenters. The third-order valence-corrected chi connectivity index (χ3v) is 3.29. The molecule has 0 aliphatic rings. The monoisotopic (exact) mass is 434 g/mol. The molecular formula is C14H35BrNiO2P2-. The van der Waals surface area contributed by atoms with Gasteiger partial charge in [0.05, 0.1) is 12.2 Å². The molecule has 0 aliphatic heterocycles. The summed E-state index contributed by atoms with van der Waals surface area (Å²) in [6.07, 6.45) is 7.96. The van der Waals surface area contributed by atoms with E-state index in [0.29, 0.717) is 12.2 Å². The molecule has 0 aromatic heterocycles. The van der Waals surface area contributed by atoms with Crippen molar-refractivity contribution < 1.29 is 22.7 Å². The second kappa shape index (κ2) is 32.6. The van der Waals surface area contributed by atoms with E-state index in [0.717, 1.165) is 12.8 Å². The third-order valence-electron chi connectivity index (χ3n) is 2.52. The molecule has 0 amide bonds. The first-order valence-electron chi connectivity index (χ1n) is 7.23. The molecule has 0 saturated carbocycles. The zero-order chi connectivity index (χ0) is 16.8. The van der Waals surface area contributed by atoms with Gasteiger partial charge in [-0.2, -0.15) is 6.92 Å². The molecule has 0 aliphatic carbocycles. The Labute approximate surface area is 148 Å². The minimum absolute atomic E-state index is 0.463. The molecule has 0 heterocycles. The molecule has 20 heavy (non-hydrogen) atoms. The fraction of sp³-hybridized carbons (Fsp3) is 0.929. The summed E-state index contributed by atoms with van der Waals surface area (Å²) in [5, 5.41) is 0. The van der Waals surface area contributed by atoms with Crippen LogP contribution in [0.15, 0.2) is 0 Å². The molecule has 4 atom stereocenters. The van der Waals surface area contributed by atoms with Crippen molar-refractivity contribution in [1.82, 2.24) is 0 Å². The molecule has 2 nitrogen and oxygen atoms in total. The number of hydrogen-bond acceptors (Lipinski definition) is 2. The Morgan fingerprint density at radius 3 is 1.15 bits per heavy atom. The van der Waals surface area contributed by atoms with Crippen LogP contribution in [0, 0.1) is 6.92 Å². The van der Waals surface area contributed by atoms with Crippen LogP contribution >= 0.6 is 33.2 Å². The van der Waals surface area contributed by atoms with Crippen LogP contribution in [-0.4, -0.2) is 12.2 Å². The second-order valence-electron chi connectivity index (χ2n) is 3.91. The van der Waals surface area contributed by atoms with Crippen molar-refractivity contribution in [2.75, 3.05) is 0 Å². The van der Waals surface area contributed by atoms with E-state index >= 15 is 0 Å². The number of halogens is 1. The third kappa shape index (κ3) is 28.0. The SMILES string of the molecule is CCCC(CC)OP.CCCC(CC)OP.[CH2-]C.[Ni][Br]. The topological polar surface area (TPSA) is 18.5 Å². The molecule has 0 aromatic carbocycles. The van der Waals surface area contributed by atoms with Crippen LogP contribution in [0.2, 0.25) is 0 Å². The van der Waals surface area contributed by atoms with Crippen LogP contribution in [0.4, 0.5) is 0 Å². The molecule has 0 spiro atoms. The van der Waals surface area contributed by atoms with Crippen molar-refractivity contribution in [3.63, 3.8) is 0 Å². The predicted molar refractivity (Wildman–Crippen MR) is 99.5 cm³/mol. The Bertz CT molecular complexity index is 114. The first kappa shape index (κ1) is 29.7. The van der Waals surface area contributed by atoms with E-state index in [-0.39, 0.29) is 0 Å². The van der Waals surface area contributed by atoms with Crippen molar-refractivity contribution in [3.8, 4) is 0 Å². The van der Waals surface area contributed by atoms with Crippen molar-refractivity contribution >= 4 is 33.2 Å². The van der Waals surface area contributed by atoms with E-state index in [1.54, 1.807) is 6.92 Å². The van der Waals surface area contributed by atoms with E-state index in [1.807, 2.05) is 0 Å². The van der Waals surface area contributed by atoms with Gasteiger partial charge in [0, 0.05) is 18.9 Å². The molecule has 131 valence electrons. The predicted octanol–water partition coefficient (Wildman–Crippen LogP) is 6.43. The van der Waals surface area contributed by atoms with Crippen LogP contribution in [-0.2, 0) is 22.7 Å². The maximum atomic E-state index is 5.06. The molecule has 6 heteroatoms. The summed E-state index contributed by atoms with van der Waals surface area (Å²) in [5.74, 6) is 0. The van der Waals surface area contributed by atoms with Crippen LogP contribution in [0.5, 0.6) is 0 Å². The van der Waals surface area contributed by atoms with Crippen LogP contribution < -0.4 is 0 Å². The molecule has 0 aromatic rings. The Morgan fingerprint density at radius 2 is 1.10 bits per heavy atom. The number of rotatable bonds is 8. The van der Waals surface area contributed by atoms with E-state index in [2.05, 4.69) is 81.5 Å². The Hall–Kier alpha value is 1.75. The summed E-state index contributed by atoms with van der Waals surface area (Å²) in [6, 6.07) is 0. The Morgan fingerprint density at radius 1 is 0.850 bits per heavy atom. The second-order valence-corrected chi connectivity index (χ2v) is 4.45. The van der Waals surface area contributed by atoms with Gasteiger partial charge in [0.2, 0.25) is 0 Å². The normalized spacial score (nSPS) is 11.8. The summed E-state index contributed by atoms with van der Waals surface area (Å²) >= 11 is 6.25. The van der Waals surface area contributed by atoms with Crippen molar-refractivity contribution in [2.45, 2.75) is 85.4 Å². The standard InChI is InChI=1S/2C6H15OP.C2H5.BrH.Ni/c2*1-3-5-6(4-2)7-8;1-2;;/h2*6H,3-5,8H2,1-2H3;1H2,2H3;1H;/q;;-1;;+1/p-1. The van der Waals surface area contributed by atoms with Gasteiger partial charge in [-0.3, -0.25) is 0 Å². The number of hydrogen-bond donors (Lipinski definition) is 0. The average molecular weight is 436 g/mol. The van der Waals surface area contributed by atoms with Crippen molar-refractivity contribution in [2.24, 2.45) is 0 Å². The Balaban J connectivity index is -0.000000102. The molecule has 0 fully saturated rings. The molecule has 0 radical (unpaired) electrons. The fourth-order valence-corrected chi connectivity index (χ4v) is 2.04.